The molecule has 4 heteroatoms. The summed E-state index contributed by atoms with van der Waals surface area (Å²) in [7, 11) is 0. The fourth-order valence-electron chi connectivity index (χ4n) is 4.16. The minimum Gasteiger partial charge on any atom is -0.491 e. The second kappa shape index (κ2) is 10.5. The van der Waals surface area contributed by atoms with Crippen molar-refractivity contribution in [3.63, 3.8) is 0 Å². The maximum absolute atomic E-state index is 10.6. The molecule has 1 unspecified atom stereocenters. The molecular weight excluding hydrogens is 410 g/mol. The van der Waals surface area contributed by atoms with Crippen LogP contribution in [0.3, 0.4) is 0 Å². The first-order chi connectivity index (χ1) is 15.9. The third-order valence-corrected chi connectivity index (χ3v) is 5.89. The van der Waals surface area contributed by atoms with E-state index in [2.05, 4.69) is 80.3 Å². The number of aliphatic hydroxyl groups is 1. The zero-order valence-corrected chi connectivity index (χ0v) is 20.0. The average molecular weight is 446 g/mol. The number of hydrogen-bond donors (Lipinski definition) is 1. The molecule has 0 aliphatic carbocycles. The summed E-state index contributed by atoms with van der Waals surface area (Å²) in [4.78, 5) is 2.30. The van der Waals surface area contributed by atoms with Crippen LogP contribution in [0.2, 0.25) is 0 Å². The van der Waals surface area contributed by atoms with Gasteiger partial charge in [-0.25, -0.2) is 0 Å². The van der Waals surface area contributed by atoms with Gasteiger partial charge in [0.05, 0.1) is 12.2 Å². The van der Waals surface area contributed by atoms with Crippen molar-refractivity contribution in [2.45, 2.75) is 52.0 Å². The van der Waals surface area contributed by atoms with Crippen LogP contribution in [0.5, 0.6) is 5.75 Å². The van der Waals surface area contributed by atoms with E-state index in [1.165, 1.54) is 11.1 Å². The highest BCUT2D eigenvalue weighted by Crippen LogP contribution is 2.26. The van der Waals surface area contributed by atoms with Gasteiger partial charge < -0.3 is 14.6 Å². The lowest BCUT2D eigenvalue weighted by atomic mass is 10.00. The van der Waals surface area contributed by atoms with Crippen LogP contribution >= 0.6 is 0 Å². The highest BCUT2D eigenvalue weighted by molar-refractivity contribution is 5.65. The highest BCUT2D eigenvalue weighted by Gasteiger charge is 2.19. The lowest BCUT2D eigenvalue weighted by Gasteiger charge is -2.30. The molecule has 0 fully saturated rings. The van der Waals surface area contributed by atoms with E-state index < -0.39 is 6.10 Å². The molecule has 0 spiro atoms. The summed E-state index contributed by atoms with van der Waals surface area (Å²) in [5.41, 5.74) is 5.98. The number of aliphatic hydroxyl groups excluding tert-OH is 1. The summed E-state index contributed by atoms with van der Waals surface area (Å²) >= 11 is 0. The molecule has 0 radical (unpaired) electrons. The maximum Gasteiger partial charge on any atom is 0.120 e. The molecule has 0 saturated carbocycles. The third-order valence-electron chi connectivity index (χ3n) is 5.89. The summed E-state index contributed by atoms with van der Waals surface area (Å²) in [6.45, 7) is 9.53. The second-order valence-electron chi connectivity index (χ2n) is 9.85. The van der Waals surface area contributed by atoms with Crippen LogP contribution < -0.4 is 4.74 Å². The summed E-state index contributed by atoms with van der Waals surface area (Å²) < 4.78 is 11.9. The highest BCUT2D eigenvalue weighted by atomic mass is 16.5. The number of fused-ring (bicyclic) bond motifs is 1. The Morgan fingerprint density at radius 3 is 2.42 bits per heavy atom. The van der Waals surface area contributed by atoms with Crippen molar-refractivity contribution in [3.8, 4) is 16.9 Å². The van der Waals surface area contributed by atoms with Crippen LogP contribution in [0.1, 0.15) is 37.5 Å². The van der Waals surface area contributed by atoms with Gasteiger partial charge in [0.15, 0.2) is 0 Å². The largest absolute Gasteiger partial charge is 0.491 e. The molecule has 0 amide bonds. The van der Waals surface area contributed by atoms with Gasteiger partial charge in [0.2, 0.25) is 0 Å². The van der Waals surface area contributed by atoms with E-state index >= 15 is 0 Å². The van der Waals surface area contributed by atoms with Gasteiger partial charge in [-0.1, -0.05) is 54.6 Å². The summed E-state index contributed by atoms with van der Waals surface area (Å²) in [6.07, 6.45) is 0.503. The first-order valence-corrected chi connectivity index (χ1v) is 11.8. The predicted molar refractivity (Wildman–Crippen MR) is 133 cm³/mol. The standard InChI is InChI=1S/C29H35NO3/c1-29(2,3)33-20-22-8-6-11-24(16-22)25-12-7-13-28(17-25)32-21-27(31)19-30-15-14-23-9-4-5-10-26(23)18-30/h4-13,16-17,27,31H,14-15,18-21H2,1-3H3. The lowest BCUT2D eigenvalue weighted by Crippen LogP contribution is -2.38. The minimum absolute atomic E-state index is 0.165. The number of β-amino-alcohol motifs (C(OH)–C–C–N with tert-alkyl or cyclic N) is 1. The molecule has 0 aromatic heterocycles. The molecule has 0 saturated heterocycles. The maximum atomic E-state index is 10.6. The van der Waals surface area contributed by atoms with Crippen molar-refractivity contribution in [2.75, 3.05) is 19.7 Å². The Kier molecular flexibility index (Phi) is 7.49. The average Bonchev–Trinajstić information content (AvgIpc) is 2.81. The van der Waals surface area contributed by atoms with Crippen LogP contribution in [-0.2, 0) is 24.3 Å². The molecule has 0 bridgehead atoms. The van der Waals surface area contributed by atoms with Crippen molar-refractivity contribution in [1.29, 1.82) is 0 Å². The van der Waals surface area contributed by atoms with Gasteiger partial charge in [0.1, 0.15) is 18.5 Å². The van der Waals surface area contributed by atoms with Crippen LogP contribution in [0.25, 0.3) is 11.1 Å². The molecule has 4 nitrogen and oxygen atoms in total. The van der Waals surface area contributed by atoms with E-state index in [4.69, 9.17) is 9.47 Å². The Hall–Kier alpha value is -2.66. The molecule has 3 aromatic carbocycles. The van der Waals surface area contributed by atoms with E-state index in [1.807, 2.05) is 18.2 Å². The number of benzene rings is 3. The first-order valence-electron chi connectivity index (χ1n) is 11.8. The van der Waals surface area contributed by atoms with Crippen LogP contribution in [-0.4, -0.2) is 41.4 Å². The van der Waals surface area contributed by atoms with Crippen LogP contribution in [0, 0.1) is 0 Å². The summed E-state index contributed by atoms with van der Waals surface area (Å²) in [5.74, 6) is 0.770. The Bertz CT molecular complexity index is 1060. The topological polar surface area (TPSA) is 41.9 Å². The van der Waals surface area contributed by atoms with Crippen LogP contribution in [0.4, 0.5) is 0 Å². The van der Waals surface area contributed by atoms with Crippen molar-refractivity contribution < 1.29 is 14.6 Å². The van der Waals surface area contributed by atoms with Gasteiger partial charge in [-0.05, 0) is 73.2 Å². The molecule has 1 heterocycles. The van der Waals surface area contributed by atoms with Crippen LogP contribution in [0.15, 0.2) is 72.8 Å². The Morgan fingerprint density at radius 2 is 1.64 bits per heavy atom. The van der Waals surface area contributed by atoms with Gasteiger partial charge in [-0.15, -0.1) is 0 Å². The molecule has 1 aliphatic heterocycles. The third kappa shape index (κ3) is 6.91. The van der Waals surface area contributed by atoms with E-state index in [-0.39, 0.29) is 12.2 Å². The van der Waals surface area contributed by atoms with Crippen molar-refractivity contribution in [3.05, 3.63) is 89.5 Å². The minimum atomic E-state index is -0.531. The van der Waals surface area contributed by atoms with Crippen molar-refractivity contribution >= 4 is 0 Å². The molecule has 1 N–H and O–H groups in total. The fraction of sp³-hybridized carbons (Fsp3) is 0.379. The smallest absolute Gasteiger partial charge is 0.120 e. The van der Waals surface area contributed by atoms with Gasteiger partial charge in [0, 0.05) is 19.6 Å². The normalized spacial score (nSPS) is 15.2. The fourth-order valence-corrected chi connectivity index (χ4v) is 4.16. The zero-order chi connectivity index (χ0) is 23.3. The SMILES string of the molecule is CC(C)(C)OCc1cccc(-c2cccc(OCC(O)CN3CCc4ccccc4C3)c2)c1. The molecule has 1 atom stereocenters. The molecule has 33 heavy (non-hydrogen) atoms. The second-order valence-corrected chi connectivity index (χ2v) is 9.85. The van der Waals surface area contributed by atoms with Gasteiger partial charge >= 0.3 is 0 Å². The Balaban J connectivity index is 1.32. The van der Waals surface area contributed by atoms with Crippen molar-refractivity contribution in [2.24, 2.45) is 0 Å². The predicted octanol–water partition coefficient (Wildman–Crippen LogP) is 5.47. The molecule has 3 aromatic rings. The number of hydrogen-bond acceptors (Lipinski definition) is 4. The van der Waals surface area contributed by atoms with E-state index in [9.17, 15) is 5.11 Å². The lowest BCUT2D eigenvalue weighted by molar-refractivity contribution is -0.0149. The quantitative estimate of drug-likeness (QED) is 0.499. The summed E-state index contributed by atoms with van der Waals surface area (Å²) in [5, 5.41) is 10.6. The molecule has 174 valence electrons. The molecule has 4 rings (SSSR count). The first kappa shape index (κ1) is 23.5. The van der Waals surface area contributed by atoms with E-state index in [0.29, 0.717) is 13.2 Å². The van der Waals surface area contributed by atoms with Gasteiger partial charge in [0.25, 0.3) is 0 Å². The number of rotatable bonds is 8. The molecule has 1 aliphatic rings. The van der Waals surface area contributed by atoms with Gasteiger partial charge in [-0.3, -0.25) is 4.90 Å². The van der Waals surface area contributed by atoms with E-state index in [1.54, 1.807) is 0 Å². The summed E-state index contributed by atoms with van der Waals surface area (Å²) in [6, 6.07) is 25.0. The van der Waals surface area contributed by atoms with Gasteiger partial charge in [-0.2, -0.15) is 0 Å². The Labute approximate surface area is 197 Å². The Morgan fingerprint density at radius 1 is 0.909 bits per heavy atom. The van der Waals surface area contributed by atoms with Crippen molar-refractivity contribution in [1.82, 2.24) is 4.90 Å². The van der Waals surface area contributed by atoms with E-state index in [0.717, 1.165) is 42.0 Å². The zero-order valence-electron chi connectivity index (χ0n) is 20.0. The number of ether oxygens (including phenoxy) is 2. The molecular formula is C29H35NO3. The number of nitrogens with zero attached hydrogens (tertiary/aromatic N) is 1. The monoisotopic (exact) mass is 445 g/mol.